The first-order valence-electron chi connectivity index (χ1n) is 16.5. The van der Waals surface area contributed by atoms with Gasteiger partial charge >= 0.3 is 5.97 Å². The van der Waals surface area contributed by atoms with Crippen LogP contribution in [0, 0.1) is 19.8 Å². The normalized spacial score (nSPS) is 18.5. The fourth-order valence-corrected chi connectivity index (χ4v) is 6.50. The topological polar surface area (TPSA) is 88.5 Å². The quantitative estimate of drug-likeness (QED) is 0.220. The number of hydrogen-bond donors (Lipinski definition) is 1. The van der Waals surface area contributed by atoms with E-state index in [1.165, 1.54) is 11.1 Å². The molecular weight excluding hydrogens is 580 g/mol. The lowest BCUT2D eigenvalue weighted by Crippen LogP contribution is -2.41. The molecule has 3 aromatic rings. The molecule has 248 valence electrons. The largest absolute Gasteiger partial charge is 0.497 e. The molecule has 3 atom stereocenters. The Kier molecular flexibility index (Phi) is 12.5. The second-order valence-corrected chi connectivity index (χ2v) is 12.4. The van der Waals surface area contributed by atoms with Crippen LogP contribution in [-0.4, -0.2) is 66.9 Å². The summed E-state index contributed by atoms with van der Waals surface area (Å²) in [5.74, 6) is 2.47. The van der Waals surface area contributed by atoms with Crippen molar-refractivity contribution >= 4 is 11.9 Å². The second kappa shape index (κ2) is 16.5. The molecule has 3 aromatic carbocycles. The number of unbranched alkanes of at least 4 members (excludes halogenated alkanes) is 2. The van der Waals surface area contributed by atoms with Crippen molar-refractivity contribution in [2.24, 2.45) is 5.92 Å². The lowest BCUT2D eigenvalue weighted by atomic mass is 9.84. The van der Waals surface area contributed by atoms with Gasteiger partial charge in [0.2, 0.25) is 12.7 Å². The van der Waals surface area contributed by atoms with Gasteiger partial charge in [-0.15, -0.1) is 0 Å². The first kappa shape index (κ1) is 34.8. The van der Waals surface area contributed by atoms with Gasteiger partial charge in [0.25, 0.3) is 0 Å². The third-order valence-electron chi connectivity index (χ3n) is 9.11. The van der Waals surface area contributed by atoms with E-state index in [1.807, 2.05) is 31.2 Å². The molecular formula is C38H50N2O6. The van der Waals surface area contributed by atoms with Crippen LogP contribution >= 0.6 is 0 Å². The SMILES string of the molecule is CCCCN(CCCC)C(=O)CN1C[C@H](c2ccc3c(c2)OCO3)[C@H](C)[C@H]1c1ccc(OC)cc1.Cc1ccc(C(=O)O)c(C)c1. The van der Waals surface area contributed by atoms with Crippen molar-refractivity contribution in [1.82, 2.24) is 9.80 Å². The lowest BCUT2D eigenvalue weighted by molar-refractivity contribution is -0.133. The number of rotatable bonds is 12. The van der Waals surface area contributed by atoms with Gasteiger partial charge < -0.3 is 24.2 Å². The van der Waals surface area contributed by atoms with Gasteiger partial charge in [-0.3, -0.25) is 9.69 Å². The number of benzene rings is 3. The summed E-state index contributed by atoms with van der Waals surface area (Å²) in [4.78, 5) is 28.5. The molecule has 0 aromatic heterocycles. The van der Waals surface area contributed by atoms with E-state index in [9.17, 15) is 9.59 Å². The van der Waals surface area contributed by atoms with Gasteiger partial charge in [0.15, 0.2) is 11.5 Å². The summed E-state index contributed by atoms with van der Waals surface area (Å²) in [5, 5.41) is 8.66. The number of aryl methyl sites for hydroxylation is 2. The zero-order chi connectivity index (χ0) is 33.2. The maximum absolute atomic E-state index is 13.5. The van der Waals surface area contributed by atoms with E-state index in [0.29, 0.717) is 23.9 Å². The van der Waals surface area contributed by atoms with Crippen LogP contribution in [0.2, 0.25) is 0 Å². The van der Waals surface area contributed by atoms with Gasteiger partial charge in [0.1, 0.15) is 5.75 Å². The Bertz CT molecular complexity index is 1450. The predicted octanol–water partition coefficient (Wildman–Crippen LogP) is 7.63. The van der Waals surface area contributed by atoms with Crippen molar-refractivity contribution in [3.8, 4) is 17.2 Å². The molecule has 0 aliphatic carbocycles. The van der Waals surface area contributed by atoms with Crippen LogP contribution in [-0.2, 0) is 4.79 Å². The number of aromatic carboxylic acids is 1. The molecule has 2 heterocycles. The highest BCUT2D eigenvalue weighted by Gasteiger charge is 2.42. The van der Waals surface area contributed by atoms with Gasteiger partial charge in [0.05, 0.1) is 19.2 Å². The molecule has 0 spiro atoms. The first-order valence-corrected chi connectivity index (χ1v) is 16.5. The van der Waals surface area contributed by atoms with Crippen molar-refractivity contribution in [2.45, 2.75) is 72.3 Å². The van der Waals surface area contributed by atoms with E-state index in [2.05, 4.69) is 54.8 Å². The highest BCUT2D eigenvalue weighted by molar-refractivity contribution is 5.89. The molecule has 1 amide bonds. The summed E-state index contributed by atoms with van der Waals surface area (Å²) in [6.45, 7) is 13.7. The number of carboxylic acid groups (broad SMARTS) is 1. The molecule has 0 saturated carbocycles. The average Bonchev–Trinajstić information content (AvgIpc) is 3.64. The summed E-state index contributed by atoms with van der Waals surface area (Å²) >= 11 is 0. The maximum atomic E-state index is 13.5. The van der Waals surface area contributed by atoms with Crippen molar-refractivity contribution in [3.05, 3.63) is 88.5 Å². The molecule has 8 nitrogen and oxygen atoms in total. The van der Waals surface area contributed by atoms with E-state index in [-0.39, 0.29) is 18.7 Å². The zero-order valence-corrected chi connectivity index (χ0v) is 28.3. The molecule has 0 unspecified atom stereocenters. The van der Waals surface area contributed by atoms with Crippen molar-refractivity contribution < 1.29 is 28.9 Å². The van der Waals surface area contributed by atoms with E-state index in [4.69, 9.17) is 19.3 Å². The summed E-state index contributed by atoms with van der Waals surface area (Å²) in [6.07, 6.45) is 4.29. The molecule has 2 aliphatic rings. The summed E-state index contributed by atoms with van der Waals surface area (Å²) in [6, 6.07) is 20.1. The Labute approximate surface area is 274 Å². The van der Waals surface area contributed by atoms with Gasteiger partial charge in [-0.1, -0.05) is 69.5 Å². The number of methoxy groups -OCH3 is 1. The lowest BCUT2D eigenvalue weighted by Gasteiger charge is -2.30. The Balaban J connectivity index is 0.000000369. The number of carbonyl (C=O) groups is 2. The molecule has 46 heavy (non-hydrogen) atoms. The zero-order valence-electron chi connectivity index (χ0n) is 28.3. The Hall–Kier alpha value is -4.04. The number of ether oxygens (including phenoxy) is 3. The van der Waals surface area contributed by atoms with E-state index in [1.54, 1.807) is 26.2 Å². The van der Waals surface area contributed by atoms with Crippen LogP contribution in [0.3, 0.4) is 0 Å². The molecule has 2 aliphatic heterocycles. The van der Waals surface area contributed by atoms with Crippen molar-refractivity contribution in [2.75, 3.05) is 40.1 Å². The smallest absolute Gasteiger partial charge is 0.335 e. The number of amides is 1. The minimum Gasteiger partial charge on any atom is -0.497 e. The van der Waals surface area contributed by atoms with Gasteiger partial charge in [-0.2, -0.15) is 0 Å². The second-order valence-electron chi connectivity index (χ2n) is 12.4. The summed E-state index contributed by atoms with van der Waals surface area (Å²) in [7, 11) is 1.69. The molecule has 0 bridgehead atoms. The molecule has 1 fully saturated rings. The maximum Gasteiger partial charge on any atom is 0.335 e. The van der Waals surface area contributed by atoms with Crippen LogP contribution in [0.4, 0.5) is 0 Å². The first-order chi connectivity index (χ1) is 22.2. The van der Waals surface area contributed by atoms with Crippen molar-refractivity contribution in [3.63, 3.8) is 0 Å². The standard InChI is InChI=1S/C29H40N2O4.C9H10O2/c1-5-7-15-30(16-8-6-2)28(32)19-31-18-25(23-11-14-26-27(17-23)35-20-34-26)21(3)29(31)22-9-12-24(33-4)13-10-22;1-6-3-4-8(9(10)11)7(2)5-6/h9-14,17,21,25,29H,5-8,15-16,18-20H2,1-4H3;3-5H,1-2H3,(H,10,11)/t21-,25-,29-;/m0./s1. The third-order valence-corrected chi connectivity index (χ3v) is 9.11. The molecule has 8 heteroatoms. The van der Waals surface area contributed by atoms with Gasteiger partial charge in [0, 0.05) is 31.6 Å². The fraction of sp³-hybridized carbons (Fsp3) is 0.474. The number of nitrogens with zero attached hydrogens (tertiary/aromatic N) is 2. The van der Waals surface area contributed by atoms with Gasteiger partial charge in [-0.25, -0.2) is 4.79 Å². The van der Waals surface area contributed by atoms with Gasteiger partial charge in [-0.05, 0) is 79.6 Å². The van der Waals surface area contributed by atoms with E-state index >= 15 is 0 Å². The molecule has 5 rings (SSSR count). The fourth-order valence-electron chi connectivity index (χ4n) is 6.50. The van der Waals surface area contributed by atoms with Crippen LogP contribution in [0.25, 0.3) is 0 Å². The van der Waals surface area contributed by atoms with Crippen LogP contribution in [0.1, 0.15) is 91.0 Å². The number of carboxylic acids is 1. The van der Waals surface area contributed by atoms with Crippen LogP contribution in [0.5, 0.6) is 17.2 Å². The number of fused-ring (bicyclic) bond motifs is 1. The summed E-state index contributed by atoms with van der Waals surface area (Å²) < 4.78 is 16.6. The van der Waals surface area contributed by atoms with E-state index < -0.39 is 5.97 Å². The third kappa shape index (κ3) is 8.60. The number of likely N-dealkylation sites (tertiary alicyclic amines) is 1. The Morgan fingerprint density at radius 3 is 2.17 bits per heavy atom. The minimum absolute atomic E-state index is 0.152. The number of hydrogen-bond acceptors (Lipinski definition) is 6. The molecule has 1 saturated heterocycles. The van der Waals surface area contributed by atoms with E-state index in [0.717, 1.165) is 73.7 Å². The number of carbonyl (C=O) groups excluding carboxylic acids is 1. The Morgan fingerprint density at radius 1 is 0.913 bits per heavy atom. The highest BCUT2D eigenvalue weighted by Crippen LogP contribution is 2.47. The van der Waals surface area contributed by atoms with Crippen molar-refractivity contribution in [1.29, 1.82) is 0 Å². The monoisotopic (exact) mass is 630 g/mol. The Morgan fingerprint density at radius 2 is 1.57 bits per heavy atom. The predicted molar refractivity (Wildman–Crippen MR) is 181 cm³/mol. The van der Waals surface area contributed by atoms with Crippen LogP contribution < -0.4 is 14.2 Å². The van der Waals surface area contributed by atoms with Crippen LogP contribution in [0.15, 0.2) is 60.7 Å². The minimum atomic E-state index is -0.859. The molecule has 1 N–H and O–H groups in total. The summed E-state index contributed by atoms with van der Waals surface area (Å²) in [5.41, 5.74) is 4.76. The molecule has 0 radical (unpaired) electrons. The average molecular weight is 631 g/mol. The highest BCUT2D eigenvalue weighted by atomic mass is 16.7.